The van der Waals surface area contributed by atoms with Crippen molar-refractivity contribution in [2.24, 2.45) is 0 Å². The van der Waals surface area contributed by atoms with Crippen LogP contribution in [0, 0.1) is 5.82 Å². The predicted octanol–water partition coefficient (Wildman–Crippen LogP) is 5.57. The van der Waals surface area contributed by atoms with Crippen LogP contribution in [0.15, 0.2) is 46.9 Å². The van der Waals surface area contributed by atoms with Gasteiger partial charge in [0.15, 0.2) is 0 Å². The van der Waals surface area contributed by atoms with Gasteiger partial charge in [0.25, 0.3) is 0 Å². The van der Waals surface area contributed by atoms with Crippen LogP contribution in [0.5, 0.6) is 5.75 Å². The van der Waals surface area contributed by atoms with Crippen LogP contribution in [-0.4, -0.2) is 12.5 Å². The van der Waals surface area contributed by atoms with Gasteiger partial charge in [0, 0.05) is 41.6 Å². The number of furan rings is 1. The molecule has 1 heterocycles. The van der Waals surface area contributed by atoms with Gasteiger partial charge in [0.2, 0.25) is 5.91 Å². The SMILES string of the molecule is CCOc1cc2oc3c(c2cc1/C(C)=C/C(=O)NCc1ccc(F)cc1)CCCC3. The molecule has 1 aliphatic rings. The zero-order valence-corrected chi connectivity index (χ0v) is 17.4. The van der Waals surface area contributed by atoms with Crippen LogP contribution >= 0.6 is 0 Å². The molecule has 1 amide bonds. The van der Waals surface area contributed by atoms with Crippen molar-refractivity contribution < 1.29 is 18.3 Å². The van der Waals surface area contributed by atoms with E-state index in [0.717, 1.165) is 58.4 Å². The fraction of sp³-hybridized carbons (Fsp3) is 0.320. The van der Waals surface area contributed by atoms with Gasteiger partial charge in [-0.2, -0.15) is 0 Å². The van der Waals surface area contributed by atoms with Crippen LogP contribution in [0.3, 0.4) is 0 Å². The van der Waals surface area contributed by atoms with E-state index in [1.807, 2.05) is 19.9 Å². The monoisotopic (exact) mass is 407 g/mol. The molecule has 1 aromatic heterocycles. The summed E-state index contributed by atoms with van der Waals surface area (Å²) in [6.07, 6.45) is 5.91. The molecule has 1 N–H and O–H groups in total. The summed E-state index contributed by atoms with van der Waals surface area (Å²) >= 11 is 0. The summed E-state index contributed by atoms with van der Waals surface area (Å²) in [5.74, 6) is 1.31. The van der Waals surface area contributed by atoms with Crippen LogP contribution in [0.1, 0.15) is 49.1 Å². The highest BCUT2D eigenvalue weighted by Crippen LogP contribution is 2.38. The van der Waals surface area contributed by atoms with Crippen LogP contribution in [-0.2, 0) is 24.2 Å². The summed E-state index contributed by atoms with van der Waals surface area (Å²) in [4.78, 5) is 12.5. The minimum atomic E-state index is -0.291. The Hall–Kier alpha value is -3.08. The number of fused-ring (bicyclic) bond motifs is 3. The van der Waals surface area contributed by atoms with Gasteiger partial charge in [-0.1, -0.05) is 12.1 Å². The van der Waals surface area contributed by atoms with Gasteiger partial charge >= 0.3 is 0 Å². The van der Waals surface area contributed by atoms with E-state index in [9.17, 15) is 9.18 Å². The van der Waals surface area contributed by atoms with Crippen molar-refractivity contribution in [1.29, 1.82) is 0 Å². The Balaban J connectivity index is 1.60. The molecule has 3 aromatic rings. The number of allylic oxidation sites excluding steroid dienone is 1. The Morgan fingerprint density at radius 3 is 2.73 bits per heavy atom. The number of rotatable bonds is 6. The molecule has 0 saturated carbocycles. The lowest BCUT2D eigenvalue weighted by Crippen LogP contribution is -2.20. The fourth-order valence-electron chi connectivity index (χ4n) is 3.99. The molecular formula is C25H26FNO3. The summed E-state index contributed by atoms with van der Waals surface area (Å²) in [7, 11) is 0. The second-order valence-corrected chi connectivity index (χ2v) is 7.66. The first-order valence-corrected chi connectivity index (χ1v) is 10.5. The van der Waals surface area contributed by atoms with Gasteiger partial charge in [0.05, 0.1) is 6.61 Å². The van der Waals surface area contributed by atoms with Crippen molar-refractivity contribution in [3.63, 3.8) is 0 Å². The van der Waals surface area contributed by atoms with E-state index >= 15 is 0 Å². The number of carbonyl (C=O) groups excluding carboxylic acids is 1. The highest BCUT2D eigenvalue weighted by molar-refractivity contribution is 5.97. The number of carbonyl (C=O) groups is 1. The fourth-order valence-corrected chi connectivity index (χ4v) is 3.99. The maximum absolute atomic E-state index is 13.0. The lowest BCUT2D eigenvalue weighted by atomic mass is 9.94. The normalized spacial score (nSPS) is 13.9. The van der Waals surface area contributed by atoms with E-state index < -0.39 is 0 Å². The van der Waals surface area contributed by atoms with Crippen molar-refractivity contribution in [1.82, 2.24) is 5.32 Å². The second-order valence-electron chi connectivity index (χ2n) is 7.66. The first-order valence-electron chi connectivity index (χ1n) is 10.5. The molecule has 4 rings (SSSR count). The topological polar surface area (TPSA) is 51.5 Å². The molecule has 0 spiro atoms. The summed E-state index contributed by atoms with van der Waals surface area (Å²) in [5, 5.41) is 3.97. The zero-order valence-electron chi connectivity index (χ0n) is 17.4. The number of benzene rings is 2. The molecule has 0 aliphatic heterocycles. The molecular weight excluding hydrogens is 381 g/mol. The van der Waals surface area contributed by atoms with Gasteiger partial charge in [-0.15, -0.1) is 0 Å². The van der Waals surface area contributed by atoms with Gasteiger partial charge in [-0.05, 0) is 62.4 Å². The molecule has 0 saturated heterocycles. The number of ether oxygens (including phenoxy) is 1. The zero-order chi connectivity index (χ0) is 21.1. The summed E-state index contributed by atoms with van der Waals surface area (Å²) in [6, 6.07) is 10.1. The van der Waals surface area contributed by atoms with E-state index in [1.165, 1.54) is 24.1 Å². The number of nitrogens with one attached hydrogen (secondary N) is 1. The largest absolute Gasteiger partial charge is 0.493 e. The van der Waals surface area contributed by atoms with Crippen molar-refractivity contribution in [3.05, 3.63) is 70.7 Å². The maximum Gasteiger partial charge on any atom is 0.244 e. The lowest BCUT2D eigenvalue weighted by Gasteiger charge is -2.12. The number of halogens is 1. The Morgan fingerprint density at radius 1 is 1.20 bits per heavy atom. The molecule has 5 heteroatoms. The molecule has 0 atom stereocenters. The molecule has 1 aliphatic carbocycles. The van der Waals surface area contributed by atoms with Crippen molar-refractivity contribution in [2.75, 3.05) is 6.61 Å². The van der Waals surface area contributed by atoms with E-state index in [2.05, 4.69) is 11.4 Å². The summed E-state index contributed by atoms with van der Waals surface area (Å²) in [6.45, 7) is 4.72. The van der Waals surface area contributed by atoms with Crippen LogP contribution in [0.2, 0.25) is 0 Å². The Morgan fingerprint density at radius 2 is 1.97 bits per heavy atom. The molecule has 2 aromatic carbocycles. The number of aryl methyl sites for hydroxylation is 2. The average Bonchev–Trinajstić information content (AvgIpc) is 3.10. The average molecular weight is 407 g/mol. The standard InChI is InChI=1S/C25H26FNO3/c1-3-29-23-14-24-21(19-6-4-5-7-22(19)30-24)13-20(23)16(2)12-25(28)27-15-17-8-10-18(26)11-9-17/h8-14H,3-7,15H2,1-2H3,(H,27,28)/b16-12+. The molecule has 0 unspecified atom stereocenters. The first kappa shape index (κ1) is 20.2. The van der Waals surface area contributed by atoms with Crippen molar-refractivity contribution in [3.8, 4) is 5.75 Å². The number of hydrogen-bond donors (Lipinski definition) is 1. The molecule has 0 bridgehead atoms. The third-order valence-corrected chi connectivity index (χ3v) is 5.51. The smallest absolute Gasteiger partial charge is 0.244 e. The van der Waals surface area contributed by atoms with Crippen LogP contribution < -0.4 is 10.1 Å². The van der Waals surface area contributed by atoms with E-state index in [-0.39, 0.29) is 11.7 Å². The van der Waals surface area contributed by atoms with E-state index in [0.29, 0.717) is 13.2 Å². The summed E-state index contributed by atoms with van der Waals surface area (Å²) in [5.41, 5.74) is 4.70. The first-order chi connectivity index (χ1) is 14.5. The quantitative estimate of drug-likeness (QED) is 0.544. The Labute approximate surface area is 175 Å². The maximum atomic E-state index is 13.0. The third-order valence-electron chi connectivity index (χ3n) is 5.51. The van der Waals surface area contributed by atoms with Crippen molar-refractivity contribution in [2.45, 2.75) is 46.1 Å². The van der Waals surface area contributed by atoms with Gasteiger partial charge in [-0.3, -0.25) is 4.79 Å². The highest BCUT2D eigenvalue weighted by atomic mass is 19.1. The third kappa shape index (κ3) is 4.25. The predicted molar refractivity (Wildman–Crippen MR) is 116 cm³/mol. The van der Waals surface area contributed by atoms with Crippen LogP contribution in [0.4, 0.5) is 4.39 Å². The lowest BCUT2D eigenvalue weighted by molar-refractivity contribution is -0.116. The second kappa shape index (κ2) is 8.74. The Kier molecular flexibility index (Phi) is 5.88. The van der Waals surface area contributed by atoms with Gasteiger partial charge < -0.3 is 14.5 Å². The molecule has 30 heavy (non-hydrogen) atoms. The summed E-state index contributed by atoms with van der Waals surface area (Å²) < 4.78 is 25.0. The van der Waals surface area contributed by atoms with E-state index in [4.69, 9.17) is 9.15 Å². The highest BCUT2D eigenvalue weighted by Gasteiger charge is 2.20. The van der Waals surface area contributed by atoms with Crippen molar-refractivity contribution >= 4 is 22.4 Å². The Bertz CT molecular complexity index is 1100. The number of hydrogen-bond acceptors (Lipinski definition) is 3. The molecule has 0 fully saturated rings. The number of amides is 1. The minimum absolute atomic E-state index is 0.200. The van der Waals surface area contributed by atoms with Gasteiger partial charge in [-0.25, -0.2) is 4.39 Å². The molecule has 156 valence electrons. The van der Waals surface area contributed by atoms with Crippen LogP contribution in [0.25, 0.3) is 16.5 Å². The molecule has 4 nitrogen and oxygen atoms in total. The minimum Gasteiger partial charge on any atom is -0.493 e. The van der Waals surface area contributed by atoms with Gasteiger partial charge in [0.1, 0.15) is 22.9 Å². The van der Waals surface area contributed by atoms with E-state index in [1.54, 1.807) is 18.2 Å². The molecule has 0 radical (unpaired) electrons.